The minimum absolute atomic E-state index is 0.720. The monoisotopic (exact) mass is 217 g/mol. The number of allylic oxidation sites excluding steroid dienone is 2. The number of fused-ring (bicyclic) bond motifs is 2. The van der Waals surface area contributed by atoms with Crippen molar-refractivity contribution in [3.8, 4) is 0 Å². The predicted molar refractivity (Wildman–Crippen MR) is 57.7 cm³/mol. The second-order valence-corrected chi connectivity index (χ2v) is 3.96. The molecule has 0 radical (unpaired) electrons. The molecule has 0 saturated heterocycles. The lowest BCUT2D eigenvalue weighted by molar-refractivity contribution is -0.143. The molecular weight excluding hydrogens is 206 g/mol. The molecule has 3 rings (SSSR count). The Balaban J connectivity index is 2.02. The quantitative estimate of drug-likeness (QED) is 0.752. The maximum Gasteiger partial charge on any atom is 0.349 e. The number of aliphatic carboxylic acids is 1. The molecule has 1 unspecified atom stereocenters. The summed E-state index contributed by atoms with van der Waals surface area (Å²) < 4.78 is 5.51. The fourth-order valence-electron chi connectivity index (χ4n) is 2.17. The first kappa shape index (κ1) is 9.27. The summed E-state index contributed by atoms with van der Waals surface area (Å²) in [6, 6.07) is 1.93. The van der Waals surface area contributed by atoms with Crippen LogP contribution in [0.15, 0.2) is 30.0 Å². The molecule has 1 aliphatic heterocycles. The number of aryl methyl sites for hydroxylation is 1. The summed E-state index contributed by atoms with van der Waals surface area (Å²) in [4.78, 5) is 14.0. The van der Waals surface area contributed by atoms with Crippen LogP contribution in [-0.2, 0) is 16.0 Å². The lowest BCUT2D eigenvalue weighted by Crippen LogP contribution is -2.24. The Bertz CT molecular complexity index is 510. The smallest absolute Gasteiger partial charge is 0.349 e. The molecule has 1 atom stereocenters. The SMILES string of the molecule is O=C(O)C1C=CC2=C(O1)c1cc[nH]c1CC2. The second-order valence-electron chi connectivity index (χ2n) is 3.96. The van der Waals surface area contributed by atoms with E-state index in [4.69, 9.17) is 9.84 Å². The van der Waals surface area contributed by atoms with Crippen molar-refractivity contribution in [2.75, 3.05) is 0 Å². The number of H-pyrrole nitrogens is 1. The first-order valence-corrected chi connectivity index (χ1v) is 5.23. The zero-order valence-corrected chi connectivity index (χ0v) is 8.56. The van der Waals surface area contributed by atoms with E-state index in [9.17, 15) is 4.79 Å². The van der Waals surface area contributed by atoms with Crippen LogP contribution in [0.2, 0.25) is 0 Å². The van der Waals surface area contributed by atoms with Crippen LogP contribution in [0.5, 0.6) is 0 Å². The van der Waals surface area contributed by atoms with Gasteiger partial charge in [0.05, 0.1) is 0 Å². The number of hydrogen-bond donors (Lipinski definition) is 2. The van der Waals surface area contributed by atoms with Gasteiger partial charge in [-0.05, 0) is 30.6 Å². The van der Waals surface area contributed by atoms with Crippen LogP contribution in [0.3, 0.4) is 0 Å². The van der Waals surface area contributed by atoms with Crippen molar-refractivity contribution in [3.05, 3.63) is 41.2 Å². The molecule has 82 valence electrons. The van der Waals surface area contributed by atoms with E-state index in [0.717, 1.165) is 35.4 Å². The predicted octanol–water partition coefficient (Wildman–Crippen LogP) is 1.71. The minimum atomic E-state index is -0.953. The van der Waals surface area contributed by atoms with Gasteiger partial charge >= 0.3 is 5.97 Å². The highest BCUT2D eigenvalue weighted by molar-refractivity contribution is 5.80. The summed E-state index contributed by atoms with van der Waals surface area (Å²) >= 11 is 0. The maximum absolute atomic E-state index is 10.9. The van der Waals surface area contributed by atoms with Crippen LogP contribution in [-0.4, -0.2) is 22.2 Å². The Hall–Kier alpha value is -1.97. The van der Waals surface area contributed by atoms with E-state index in [1.165, 1.54) is 0 Å². The third-order valence-electron chi connectivity index (χ3n) is 2.97. The van der Waals surface area contributed by atoms with Crippen molar-refractivity contribution < 1.29 is 14.6 Å². The van der Waals surface area contributed by atoms with Gasteiger partial charge in [0.1, 0.15) is 5.76 Å². The number of aromatic nitrogens is 1. The van der Waals surface area contributed by atoms with E-state index >= 15 is 0 Å². The van der Waals surface area contributed by atoms with Crippen molar-refractivity contribution in [1.29, 1.82) is 0 Å². The highest BCUT2D eigenvalue weighted by Gasteiger charge is 2.28. The van der Waals surface area contributed by atoms with Gasteiger partial charge in [0.2, 0.25) is 6.10 Å². The van der Waals surface area contributed by atoms with E-state index in [2.05, 4.69) is 4.98 Å². The number of carboxylic acids is 1. The summed E-state index contributed by atoms with van der Waals surface area (Å²) in [5.74, 6) is -0.233. The summed E-state index contributed by atoms with van der Waals surface area (Å²) in [6.45, 7) is 0. The zero-order chi connectivity index (χ0) is 11.1. The van der Waals surface area contributed by atoms with E-state index < -0.39 is 12.1 Å². The summed E-state index contributed by atoms with van der Waals surface area (Å²) in [5, 5.41) is 8.92. The van der Waals surface area contributed by atoms with Crippen LogP contribution in [0.4, 0.5) is 0 Å². The third-order valence-corrected chi connectivity index (χ3v) is 2.97. The Morgan fingerprint density at radius 2 is 2.38 bits per heavy atom. The zero-order valence-electron chi connectivity index (χ0n) is 8.56. The second kappa shape index (κ2) is 3.27. The number of aromatic amines is 1. The third kappa shape index (κ3) is 1.26. The van der Waals surface area contributed by atoms with Crippen LogP contribution >= 0.6 is 0 Å². The van der Waals surface area contributed by atoms with Crippen LogP contribution in [0.25, 0.3) is 5.76 Å². The molecule has 0 fully saturated rings. The molecular formula is C12H11NO3. The summed E-state index contributed by atoms with van der Waals surface area (Å²) in [5.41, 5.74) is 3.21. The first-order valence-electron chi connectivity index (χ1n) is 5.23. The number of rotatable bonds is 1. The van der Waals surface area contributed by atoms with Crippen LogP contribution in [0.1, 0.15) is 17.7 Å². The highest BCUT2D eigenvalue weighted by Crippen LogP contribution is 2.35. The van der Waals surface area contributed by atoms with E-state index in [1.54, 1.807) is 6.08 Å². The van der Waals surface area contributed by atoms with Gasteiger partial charge in [-0.25, -0.2) is 4.79 Å². The molecule has 2 heterocycles. The molecule has 1 aromatic rings. The number of ether oxygens (including phenoxy) is 1. The maximum atomic E-state index is 10.9. The molecule has 1 aromatic heterocycles. The van der Waals surface area contributed by atoms with Crippen LogP contribution in [0, 0.1) is 0 Å². The lowest BCUT2D eigenvalue weighted by Gasteiger charge is -2.25. The molecule has 0 saturated carbocycles. The Labute approximate surface area is 92.2 Å². The molecule has 0 spiro atoms. The fraction of sp³-hybridized carbons (Fsp3) is 0.250. The fourth-order valence-corrected chi connectivity index (χ4v) is 2.17. The van der Waals surface area contributed by atoms with Gasteiger partial charge in [-0.15, -0.1) is 0 Å². The number of nitrogens with one attached hydrogen (secondary N) is 1. The summed E-state index contributed by atoms with van der Waals surface area (Å²) in [7, 11) is 0. The Morgan fingerprint density at radius 1 is 1.50 bits per heavy atom. The van der Waals surface area contributed by atoms with Gasteiger partial charge in [-0.2, -0.15) is 0 Å². The molecule has 0 aromatic carbocycles. The minimum Gasteiger partial charge on any atom is -0.478 e. The molecule has 2 aliphatic rings. The molecule has 4 heteroatoms. The molecule has 0 amide bonds. The average Bonchev–Trinajstić information content (AvgIpc) is 2.76. The van der Waals surface area contributed by atoms with E-state index in [1.807, 2.05) is 18.3 Å². The van der Waals surface area contributed by atoms with Gasteiger partial charge in [-0.1, -0.05) is 6.08 Å². The topological polar surface area (TPSA) is 62.3 Å². The molecule has 0 bridgehead atoms. The standard InChI is InChI=1S/C12H11NO3/c14-12(15)10-4-2-7-1-3-9-8(5-6-13-9)11(7)16-10/h2,4-6,10,13H,1,3H2,(H,14,15). The van der Waals surface area contributed by atoms with Gasteiger partial charge < -0.3 is 14.8 Å². The number of carbonyl (C=O) groups is 1. The average molecular weight is 217 g/mol. The first-order chi connectivity index (χ1) is 7.75. The van der Waals surface area contributed by atoms with Crippen molar-refractivity contribution in [2.45, 2.75) is 18.9 Å². The van der Waals surface area contributed by atoms with Gasteiger partial charge in [-0.3, -0.25) is 0 Å². The lowest BCUT2D eigenvalue weighted by atomic mass is 9.93. The summed E-state index contributed by atoms with van der Waals surface area (Å²) in [6.07, 6.45) is 6.31. The highest BCUT2D eigenvalue weighted by atomic mass is 16.5. The van der Waals surface area contributed by atoms with E-state index in [0.29, 0.717) is 0 Å². The van der Waals surface area contributed by atoms with Crippen molar-refractivity contribution in [1.82, 2.24) is 4.98 Å². The largest absolute Gasteiger partial charge is 0.478 e. The molecule has 16 heavy (non-hydrogen) atoms. The Kier molecular flexibility index (Phi) is 1.89. The number of hydrogen-bond acceptors (Lipinski definition) is 2. The molecule has 2 N–H and O–H groups in total. The van der Waals surface area contributed by atoms with Crippen molar-refractivity contribution >= 4 is 11.7 Å². The van der Waals surface area contributed by atoms with Gasteiger partial charge in [0, 0.05) is 17.5 Å². The molecule has 4 nitrogen and oxygen atoms in total. The van der Waals surface area contributed by atoms with Gasteiger partial charge in [0.15, 0.2) is 0 Å². The van der Waals surface area contributed by atoms with Crippen LogP contribution < -0.4 is 0 Å². The Morgan fingerprint density at radius 3 is 3.19 bits per heavy atom. The van der Waals surface area contributed by atoms with Crippen molar-refractivity contribution in [2.24, 2.45) is 0 Å². The molecule has 1 aliphatic carbocycles. The normalized spacial score (nSPS) is 22.4. The number of carboxylic acid groups (broad SMARTS) is 1. The van der Waals surface area contributed by atoms with E-state index in [-0.39, 0.29) is 0 Å². The van der Waals surface area contributed by atoms with Gasteiger partial charge in [0.25, 0.3) is 0 Å². The van der Waals surface area contributed by atoms with Crippen molar-refractivity contribution in [3.63, 3.8) is 0 Å².